The Morgan fingerprint density at radius 3 is 1.41 bits per heavy atom. The molecule has 0 bridgehead atoms. The third kappa shape index (κ3) is 5.27. The van der Waals surface area contributed by atoms with Gasteiger partial charge in [-0.05, 0) is 69.8 Å². The highest BCUT2D eigenvalue weighted by atomic mass is 16.5. The standard InChI is InChI=1S/C58H36N4O/c1-3-16-38(17-4-1)55-59-56(39-18-5-2-6-19-39)61-57(60-55)40-32-30-37(31-33-40)42-22-15-25-49-54(42)45-36-41(62-50-26-11-7-20-43(50)44-21-8-12-27-51(44)62)34-35-46(45)58(49)47-23-9-13-28-52(47)63-53-29-14-10-24-48(53)58/h1-36H. The highest BCUT2D eigenvalue weighted by Crippen LogP contribution is 2.63. The Morgan fingerprint density at radius 1 is 0.349 bits per heavy atom. The first-order valence-corrected chi connectivity index (χ1v) is 21.4. The van der Waals surface area contributed by atoms with Crippen molar-refractivity contribution in [1.29, 1.82) is 0 Å². The third-order valence-electron chi connectivity index (χ3n) is 12.9. The summed E-state index contributed by atoms with van der Waals surface area (Å²) in [4.78, 5) is 15.0. The smallest absolute Gasteiger partial charge is 0.164 e. The summed E-state index contributed by atoms with van der Waals surface area (Å²) >= 11 is 0. The number of aromatic nitrogens is 4. The largest absolute Gasteiger partial charge is 0.457 e. The van der Waals surface area contributed by atoms with E-state index >= 15 is 0 Å². The molecule has 5 heteroatoms. The Labute approximate surface area is 364 Å². The predicted octanol–water partition coefficient (Wildman–Crippen LogP) is 14.1. The number of hydrogen-bond donors (Lipinski definition) is 0. The van der Waals surface area contributed by atoms with Crippen LogP contribution in [0.2, 0.25) is 0 Å². The van der Waals surface area contributed by atoms with Crippen molar-refractivity contribution < 1.29 is 4.74 Å². The van der Waals surface area contributed by atoms with Crippen LogP contribution < -0.4 is 4.74 Å². The number of ether oxygens (including phenoxy) is 1. The molecule has 11 aromatic rings. The van der Waals surface area contributed by atoms with Crippen molar-refractivity contribution >= 4 is 21.8 Å². The highest BCUT2D eigenvalue weighted by Gasteiger charge is 2.51. The maximum absolute atomic E-state index is 6.70. The van der Waals surface area contributed by atoms with E-state index in [-0.39, 0.29) is 0 Å². The molecule has 0 amide bonds. The lowest BCUT2D eigenvalue weighted by Gasteiger charge is -2.39. The summed E-state index contributed by atoms with van der Waals surface area (Å²) in [6.45, 7) is 0. The monoisotopic (exact) mass is 804 g/mol. The molecule has 1 spiro atoms. The maximum atomic E-state index is 6.70. The molecule has 63 heavy (non-hydrogen) atoms. The van der Waals surface area contributed by atoms with Gasteiger partial charge < -0.3 is 9.30 Å². The van der Waals surface area contributed by atoms with Crippen LogP contribution >= 0.6 is 0 Å². The van der Waals surface area contributed by atoms with Gasteiger partial charge >= 0.3 is 0 Å². The van der Waals surface area contributed by atoms with Crippen molar-refractivity contribution in [3.63, 3.8) is 0 Å². The van der Waals surface area contributed by atoms with Crippen molar-refractivity contribution in [2.24, 2.45) is 0 Å². The van der Waals surface area contributed by atoms with Gasteiger partial charge in [0.25, 0.3) is 0 Å². The molecule has 13 rings (SSSR count). The SMILES string of the molecule is c1ccc(-c2nc(-c3ccccc3)nc(-c3ccc(-c4cccc5c4-c4cc(-n6c7ccccc7c7ccccc76)ccc4C54c5ccccc5Oc5ccccc54)cc3)n2)cc1. The van der Waals surface area contributed by atoms with E-state index in [0.717, 1.165) is 56.1 Å². The molecule has 5 nitrogen and oxygen atoms in total. The maximum Gasteiger partial charge on any atom is 0.164 e. The zero-order valence-corrected chi connectivity index (χ0v) is 34.0. The molecule has 2 aromatic heterocycles. The van der Waals surface area contributed by atoms with Gasteiger partial charge in [-0.3, -0.25) is 0 Å². The van der Waals surface area contributed by atoms with Gasteiger partial charge in [0, 0.05) is 44.3 Å². The number of nitrogens with zero attached hydrogens (tertiary/aromatic N) is 4. The van der Waals surface area contributed by atoms with Gasteiger partial charge in [0.2, 0.25) is 0 Å². The molecule has 0 saturated carbocycles. The minimum absolute atomic E-state index is 0.613. The Balaban J connectivity index is 1.03. The summed E-state index contributed by atoms with van der Waals surface area (Å²) in [7, 11) is 0. The lowest BCUT2D eigenvalue weighted by Crippen LogP contribution is -2.32. The summed E-state index contributed by atoms with van der Waals surface area (Å²) in [5, 5.41) is 2.48. The van der Waals surface area contributed by atoms with Crippen molar-refractivity contribution in [3.05, 3.63) is 241 Å². The Kier molecular flexibility index (Phi) is 7.75. The number of hydrogen-bond acceptors (Lipinski definition) is 4. The Morgan fingerprint density at radius 2 is 0.825 bits per heavy atom. The molecule has 0 N–H and O–H groups in total. The van der Waals surface area contributed by atoms with Crippen molar-refractivity contribution in [2.45, 2.75) is 5.41 Å². The van der Waals surface area contributed by atoms with Crippen molar-refractivity contribution in [2.75, 3.05) is 0 Å². The summed E-state index contributed by atoms with van der Waals surface area (Å²) in [6.07, 6.45) is 0. The Bertz CT molecular complexity index is 3440. The van der Waals surface area contributed by atoms with Crippen LogP contribution in [0, 0.1) is 0 Å². The van der Waals surface area contributed by atoms with Crippen LogP contribution in [0.15, 0.2) is 218 Å². The lowest BCUT2D eigenvalue weighted by atomic mass is 9.66. The fraction of sp³-hybridized carbons (Fsp3) is 0.0172. The highest BCUT2D eigenvalue weighted by molar-refractivity contribution is 6.09. The molecule has 1 aliphatic carbocycles. The van der Waals surface area contributed by atoms with E-state index in [4.69, 9.17) is 19.7 Å². The molecule has 3 heterocycles. The van der Waals surface area contributed by atoms with E-state index in [0.29, 0.717) is 17.5 Å². The van der Waals surface area contributed by atoms with Crippen LogP contribution in [0.3, 0.4) is 0 Å². The molecule has 1 aliphatic heterocycles. The van der Waals surface area contributed by atoms with Gasteiger partial charge in [-0.25, -0.2) is 15.0 Å². The third-order valence-corrected chi connectivity index (χ3v) is 12.9. The van der Waals surface area contributed by atoms with Gasteiger partial charge in [-0.2, -0.15) is 0 Å². The molecule has 0 fully saturated rings. The molecule has 2 aliphatic rings. The lowest BCUT2D eigenvalue weighted by molar-refractivity contribution is 0.436. The van der Waals surface area contributed by atoms with E-state index in [1.165, 1.54) is 44.1 Å². The second kappa shape index (κ2) is 13.8. The van der Waals surface area contributed by atoms with Gasteiger partial charge in [0.1, 0.15) is 11.5 Å². The first-order chi connectivity index (χ1) is 31.2. The number of benzene rings is 9. The van der Waals surface area contributed by atoms with Crippen molar-refractivity contribution in [1.82, 2.24) is 19.5 Å². The van der Waals surface area contributed by atoms with Gasteiger partial charge in [0.15, 0.2) is 17.5 Å². The minimum Gasteiger partial charge on any atom is -0.457 e. The topological polar surface area (TPSA) is 52.8 Å². The fourth-order valence-electron chi connectivity index (χ4n) is 10.3. The van der Waals surface area contributed by atoms with Crippen LogP contribution in [-0.2, 0) is 5.41 Å². The van der Waals surface area contributed by atoms with Crippen LogP contribution in [0.5, 0.6) is 11.5 Å². The predicted molar refractivity (Wildman–Crippen MR) is 253 cm³/mol. The van der Waals surface area contributed by atoms with E-state index in [9.17, 15) is 0 Å². The molecule has 0 radical (unpaired) electrons. The molecular weight excluding hydrogens is 769 g/mol. The van der Waals surface area contributed by atoms with Gasteiger partial charge in [0.05, 0.1) is 16.4 Å². The normalized spacial score (nSPS) is 13.0. The zero-order valence-electron chi connectivity index (χ0n) is 34.0. The molecule has 0 atom stereocenters. The van der Waals surface area contributed by atoms with Crippen LogP contribution in [0.25, 0.3) is 83.9 Å². The van der Waals surface area contributed by atoms with E-state index in [1.807, 2.05) is 60.7 Å². The summed E-state index contributed by atoms with van der Waals surface area (Å²) in [5.74, 6) is 3.66. The van der Waals surface area contributed by atoms with Gasteiger partial charge in [-0.1, -0.05) is 182 Å². The second-order valence-corrected chi connectivity index (χ2v) is 16.3. The molecule has 294 valence electrons. The zero-order chi connectivity index (χ0) is 41.5. The molecule has 9 aromatic carbocycles. The minimum atomic E-state index is -0.613. The van der Waals surface area contributed by atoms with E-state index in [1.54, 1.807) is 0 Å². The number of rotatable bonds is 5. The number of para-hydroxylation sites is 4. The summed E-state index contributed by atoms with van der Waals surface area (Å²) in [5.41, 5.74) is 15.1. The molecular formula is C58H36N4O. The summed E-state index contributed by atoms with van der Waals surface area (Å²) < 4.78 is 9.11. The first kappa shape index (κ1) is 35.4. The fourth-order valence-corrected chi connectivity index (χ4v) is 10.3. The van der Waals surface area contributed by atoms with Crippen LogP contribution in [-0.4, -0.2) is 19.5 Å². The average molecular weight is 805 g/mol. The van der Waals surface area contributed by atoms with E-state index < -0.39 is 5.41 Å². The van der Waals surface area contributed by atoms with Crippen LogP contribution in [0.1, 0.15) is 22.3 Å². The Hall–Kier alpha value is -8.41. The molecule has 0 saturated heterocycles. The number of fused-ring (bicyclic) bond motifs is 12. The quantitative estimate of drug-likeness (QED) is 0.174. The van der Waals surface area contributed by atoms with Crippen molar-refractivity contribution in [3.8, 4) is 73.6 Å². The van der Waals surface area contributed by atoms with Gasteiger partial charge in [-0.15, -0.1) is 0 Å². The second-order valence-electron chi connectivity index (χ2n) is 16.3. The van der Waals surface area contributed by atoms with E-state index in [2.05, 4.69) is 162 Å². The summed E-state index contributed by atoms with van der Waals surface area (Å²) in [6, 6.07) is 77.4. The first-order valence-electron chi connectivity index (χ1n) is 21.4. The van der Waals surface area contributed by atoms with Crippen LogP contribution in [0.4, 0.5) is 0 Å². The average Bonchev–Trinajstić information content (AvgIpc) is 3.85. The molecule has 0 unspecified atom stereocenters.